The van der Waals surface area contributed by atoms with Crippen molar-refractivity contribution in [3.63, 3.8) is 0 Å². The smallest absolute Gasteiger partial charge is 0.116 e. The second kappa shape index (κ2) is 8.96. The second-order valence-corrected chi connectivity index (χ2v) is 10.0. The number of piperazine rings is 1. The van der Waals surface area contributed by atoms with Gasteiger partial charge in [0.25, 0.3) is 0 Å². The topological polar surface area (TPSA) is 19.0 Å². The van der Waals surface area contributed by atoms with Crippen LogP contribution in [0, 0.1) is 6.92 Å². The highest BCUT2D eigenvalue weighted by Crippen LogP contribution is 2.29. The van der Waals surface area contributed by atoms with Crippen LogP contribution >= 0.6 is 0 Å². The molecule has 0 spiro atoms. The molecule has 0 aromatic heterocycles. The number of morpholine rings is 1. The van der Waals surface area contributed by atoms with Crippen LogP contribution in [0.2, 0.25) is 0 Å². The van der Waals surface area contributed by atoms with Gasteiger partial charge in [0.2, 0.25) is 0 Å². The summed E-state index contributed by atoms with van der Waals surface area (Å²) in [7, 11) is 2.20. The van der Waals surface area contributed by atoms with Gasteiger partial charge in [0.15, 0.2) is 0 Å². The van der Waals surface area contributed by atoms with Crippen LogP contribution in [-0.4, -0.2) is 57.8 Å². The molecule has 2 aromatic carbocycles. The van der Waals surface area contributed by atoms with Gasteiger partial charge in [0.05, 0.1) is 13.1 Å². The Morgan fingerprint density at radius 1 is 0.871 bits per heavy atom. The second-order valence-electron chi connectivity index (χ2n) is 10.0. The quantitative estimate of drug-likeness (QED) is 0.703. The third-order valence-electron chi connectivity index (χ3n) is 6.44. The van der Waals surface area contributed by atoms with Crippen LogP contribution in [0.15, 0.2) is 48.2 Å². The van der Waals surface area contributed by atoms with E-state index in [1.165, 1.54) is 28.1 Å². The van der Waals surface area contributed by atoms with E-state index in [2.05, 4.69) is 98.0 Å². The zero-order chi connectivity index (χ0) is 22.0. The third kappa shape index (κ3) is 5.24. The summed E-state index contributed by atoms with van der Waals surface area (Å²) in [5.74, 6) is 1.05. The van der Waals surface area contributed by atoms with Gasteiger partial charge in [-0.05, 0) is 55.3 Å². The summed E-state index contributed by atoms with van der Waals surface area (Å²) >= 11 is 0. The summed E-state index contributed by atoms with van der Waals surface area (Å²) in [4.78, 5) is 7.33. The lowest BCUT2D eigenvalue weighted by molar-refractivity contribution is 0.195. The monoisotopic (exact) mass is 419 g/mol. The lowest BCUT2D eigenvalue weighted by atomic mass is 9.87. The maximum atomic E-state index is 6.10. The number of hydrogen-bond acceptors (Lipinski definition) is 4. The third-order valence-corrected chi connectivity index (χ3v) is 6.44. The lowest BCUT2D eigenvalue weighted by Gasteiger charge is -2.35. The molecule has 0 radical (unpaired) electrons. The van der Waals surface area contributed by atoms with Gasteiger partial charge in [-0.1, -0.05) is 44.5 Å². The molecule has 0 amide bonds. The molecule has 2 aromatic rings. The largest absolute Gasteiger partial charge is 0.494 e. The minimum absolute atomic E-state index is 0.180. The van der Waals surface area contributed by atoms with Crippen LogP contribution in [0.4, 0.5) is 11.4 Å². The molecular formula is C27H37N3O. The Morgan fingerprint density at radius 3 is 2.26 bits per heavy atom. The first-order valence-electron chi connectivity index (χ1n) is 11.5. The van der Waals surface area contributed by atoms with Crippen LogP contribution in [-0.2, 0) is 10.2 Å². The van der Waals surface area contributed by atoms with E-state index in [-0.39, 0.29) is 5.41 Å². The standard InChI is InChI=1S/C27H37N3O/c1-21-6-11-26(29-14-12-28(5)13-15-29)22(18-21)19-25-20-30(16-17-31-25)24-9-7-23(8-10-24)27(2,3)4/h6-11,18-19H,12-17,20H2,1-5H3. The summed E-state index contributed by atoms with van der Waals surface area (Å²) in [5, 5.41) is 0. The summed E-state index contributed by atoms with van der Waals surface area (Å²) < 4.78 is 6.10. The van der Waals surface area contributed by atoms with Crippen molar-refractivity contribution < 1.29 is 4.74 Å². The molecule has 4 heteroatoms. The molecular weight excluding hydrogens is 382 g/mol. The molecule has 166 valence electrons. The van der Waals surface area contributed by atoms with Crippen molar-refractivity contribution >= 4 is 17.5 Å². The Bertz CT molecular complexity index is 918. The first-order chi connectivity index (χ1) is 14.8. The zero-order valence-corrected chi connectivity index (χ0v) is 19.8. The minimum Gasteiger partial charge on any atom is -0.494 e. The number of anilines is 2. The molecule has 2 heterocycles. The molecule has 0 aliphatic carbocycles. The van der Waals surface area contributed by atoms with Crippen molar-refractivity contribution in [2.45, 2.75) is 33.1 Å². The van der Waals surface area contributed by atoms with Gasteiger partial charge in [-0.25, -0.2) is 0 Å². The van der Waals surface area contributed by atoms with E-state index in [9.17, 15) is 0 Å². The molecule has 2 fully saturated rings. The van der Waals surface area contributed by atoms with E-state index in [4.69, 9.17) is 4.74 Å². The maximum absolute atomic E-state index is 6.10. The first kappa shape index (κ1) is 21.8. The minimum atomic E-state index is 0.180. The molecule has 2 saturated heterocycles. The normalized spacial score (nSPS) is 19.6. The average Bonchev–Trinajstić information content (AvgIpc) is 2.74. The van der Waals surface area contributed by atoms with Crippen molar-refractivity contribution in [3.05, 3.63) is 64.9 Å². The molecule has 0 N–H and O–H groups in total. The van der Waals surface area contributed by atoms with Crippen LogP contribution in [0.25, 0.3) is 6.08 Å². The number of benzene rings is 2. The summed E-state index contributed by atoms with van der Waals surface area (Å²) in [6.45, 7) is 15.8. The summed E-state index contributed by atoms with van der Waals surface area (Å²) in [6, 6.07) is 15.8. The lowest BCUT2D eigenvalue weighted by Crippen LogP contribution is -2.44. The molecule has 0 saturated carbocycles. The van der Waals surface area contributed by atoms with Crippen molar-refractivity contribution in [3.8, 4) is 0 Å². The Kier molecular flexibility index (Phi) is 6.29. The Labute approximate surface area is 188 Å². The van der Waals surface area contributed by atoms with Crippen LogP contribution in [0.1, 0.15) is 37.5 Å². The highest BCUT2D eigenvalue weighted by Gasteiger charge is 2.20. The van der Waals surface area contributed by atoms with Gasteiger partial charge < -0.3 is 19.4 Å². The predicted octanol–water partition coefficient (Wildman–Crippen LogP) is 4.92. The fraction of sp³-hybridized carbons (Fsp3) is 0.481. The van der Waals surface area contributed by atoms with Gasteiger partial charge >= 0.3 is 0 Å². The van der Waals surface area contributed by atoms with Crippen LogP contribution in [0.3, 0.4) is 0 Å². The molecule has 0 unspecified atom stereocenters. The van der Waals surface area contributed by atoms with E-state index < -0.39 is 0 Å². The maximum Gasteiger partial charge on any atom is 0.116 e. The number of ether oxygens (including phenoxy) is 1. The first-order valence-corrected chi connectivity index (χ1v) is 11.5. The molecule has 0 bridgehead atoms. The molecule has 0 atom stereocenters. The molecule has 2 aliphatic rings. The Morgan fingerprint density at radius 2 is 1.58 bits per heavy atom. The average molecular weight is 420 g/mol. The predicted molar refractivity (Wildman–Crippen MR) is 132 cm³/mol. The van der Waals surface area contributed by atoms with E-state index >= 15 is 0 Å². The molecule has 4 nitrogen and oxygen atoms in total. The van der Waals surface area contributed by atoms with Gasteiger partial charge in [-0.2, -0.15) is 0 Å². The Balaban J connectivity index is 1.54. The zero-order valence-electron chi connectivity index (χ0n) is 19.8. The Hall–Kier alpha value is -2.46. The van der Waals surface area contributed by atoms with Crippen LogP contribution in [0.5, 0.6) is 0 Å². The molecule has 2 aliphatic heterocycles. The van der Waals surface area contributed by atoms with Gasteiger partial charge in [0, 0.05) is 43.1 Å². The van der Waals surface area contributed by atoms with Crippen molar-refractivity contribution in [2.75, 3.05) is 62.7 Å². The van der Waals surface area contributed by atoms with Gasteiger partial charge in [-0.15, -0.1) is 0 Å². The summed E-state index contributed by atoms with van der Waals surface area (Å²) in [6.07, 6.45) is 2.26. The number of hydrogen-bond donors (Lipinski definition) is 0. The van der Waals surface area contributed by atoms with Crippen LogP contribution < -0.4 is 9.80 Å². The van der Waals surface area contributed by atoms with Gasteiger partial charge in [0.1, 0.15) is 12.4 Å². The number of nitrogens with zero attached hydrogens (tertiary/aromatic N) is 3. The summed E-state index contributed by atoms with van der Waals surface area (Å²) in [5.41, 5.74) is 6.70. The molecule has 4 rings (SSSR count). The highest BCUT2D eigenvalue weighted by molar-refractivity contribution is 5.70. The SMILES string of the molecule is Cc1ccc(N2CCN(C)CC2)c(C=C2CN(c3ccc(C(C)(C)C)cc3)CCO2)c1. The van der Waals surface area contributed by atoms with E-state index in [0.717, 1.165) is 51.6 Å². The fourth-order valence-electron chi connectivity index (χ4n) is 4.38. The van der Waals surface area contributed by atoms with Crippen molar-refractivity contribution in [1.29, 1.82) is 0 Å². The van der Waals surface area contributed by atoms with E-state index in [1.807, 2.05) is 0 Å². The number of likely N-dealkylation sites (N-methyl/N-ethyl adjacent to an activating group) is 1. The fourth-order valence-corrected chi connectivity index (χ4v) is 4.38. The van der Waals surface area contributed by atoms with Crippen molar-refractivity contribution in [2.24, 2.45) is 0 Å². The number of aryl methyl sites for hydroxylation is 1. The number of rotatable bonds is 3. The highest BCUT2D eigenvalue weighted by atomic mass is 16.5. The molecule has 31 heavy (non-hydrogen) atoms. The van der Waals surface area contributed by atoms with E-state index in [0.29, 0.717) is 0 Å². The van der Waals surface area contributed by atoms with E-state index in [1.54, 1.807) is 0 Å². The van der Waals surface area contributed by atoms with Crippen molar-refractivity contribution in [1.82, 2.24) is 4.90 Å². The van der Waals surface area contributed by atoms with Gasteiger partial charge in [-0.3, -0.25) is 0 Å².